The predicted octanol–water partition coefficient (Wildman–Crippen LogP) is 4.77. The summed E-state index contributed by atoms with van der Waals surface area (Å²) in [4.78, 5) is 0. The number of hydrogen-bond acceptors (Lipinski definition) is 2. The maximum Gasteiger partial charge on any atom is 0.135 e. The Morgan fingerprint density at radius 3 is 2.53 bits per heavy atom. The van der Waals surface area contributed by atoms with Gasteiger partial charge in [0.05, 0.1) is 6.04 Å². The molecule has 0 spiro atoms. The van der Waals surface area contributed by atoms with Crippen molar-refractivity contribution in [1.29, 1.82) is 0 Å². The average molecular weight is 272 g/mol. The highest BCUT2D eigenvalue weighted by atomic mass is 35.5. The molecule has 3 rings (SSSR count). The van der Waals surface area contributed by atoms with Crippen LogP contribution in [0.15, 0.2) is 52.9 Å². The van der Waals surface area contributed by atoms with Crippen LogP contribution in [-0.2, 0) is 0 Å². The van der Waals surface area contributed by atoms with E-state index < -0.39 is 0 Å². The molecule has 1 heterocycles. The van der Waals surface area contributed by atoms with Crippen LogP contribution in [-0.4, -0.2) is 0 Å². The van der Waals surface area contributed by atoms with Crippen LogP contribution < -0.4 is 5.73 Å². The lowest BCUT2D eigenvalue weighted by Gasteiger charge is -2.06. The molecule has 96 valence electrons. The molecule has 0 saturated heterocycles. The molecule has 2 aromatic carbocycles. The van der Waals surface area contributed by atoms with Crippen molar-refractivity contribution in [2.75, 3.05) is 0 Å². The number of rotatable bonds is 2. The molecule has 1 aromatic heterocycles. The lowest BCUT2D eigenvalue weighted by molar-refractivity contribution is 0.515. The maximum absolute atomic E-state index is 6.09. The summed E-state index contributed by atoms with van der Waals surface area (Å²) < 4.78 is 5.89. The number of benzene rings is 2. The molecular formula is C16H14ClNO. The summed E-state index contributed by atoms with van der Waals surface area (Å²) in [6.45, 7) is 1.92. The SMILES string of the molecule is CC(N)c1oc2ccc(Cl)cc2c1-c1ccccc1. The minimum Gasteiger partial charge on any atom is -0.459 e. The molecule has 0 fully saturated rings. The fraction of sp³-hybridized carbons (Fsp3) is 0.125. The molecule has 0 radical (unpaired) electrons. The van der Waals surface area contributed by atoms with E-state index in [1.165, 1.54) is 0 Å². The Bertz CT molecular complexity index is 716. The zero-order chi connectivity index (χ0) is 13.4. The first kappa shape index (κ1) is 12.3. The van der Waals surface area contributed by atoms with Crippen molar-refractivity contribution in [3.05, 3.63) is 59.3 Å². The van der Waals surface area contributed by atoms with Crippen LogP contribution in [0.5, 0.6) is 0 Å². The van der Waals surface area contributed by atoms with E-state index >= 15 is 0 Å². The molecule has 2 nitrogen and oxygen atoms in total. The van der Waals surface area contributed by atoms with Crippen LogP contribution in [0.25, 0.3) is 22.1 Å². The fourth-order valence-electron chi connectivity index (χ4n) is 2.31. The van der Waals surface area contributed by atoms with E-state index in [1.54, 1.807) is 0 Å². The zero-order valence-corrected chi connectivity index (χ0v) is 11.3. The van der Waals surface area contributed by atoms with Crippen LogP contribution >= 0.6 is 11.6 Å². The second-order valence-electron chi connectivity index (χ2n) is 4.64. The van der Waals surface area contributed by atoms with Crippen LogP contribution in [0.3, 0.4) is 0 Å². The van der Waals surface area contributed by atoms with E-state index in [1.807, 2.05) is 43.3 Å². The van der Waals surface area contributed by atoms with Crippen molar-refractivity contribution in [1.82, 2.24) is 0 Å². The first-order valence-corrected chi connectivity index (χ1v) is 6.57. The van der Waals surface area contributed by atoms with Crippen molar-refractivity contribution in [3.63, 3.8) is 0 Å². The number of furan rings is 1. The van der Waals surface area contributed by atoms with Crippen molar-refractivity contribution in [2.45, 2.75) is 13.0 Å². The van der Waals surface area contributed by atoms with E-state index in [2.05, 4.69) is 12.1 Å². The number of hydrogen-bond donors (Lipinski definition) is 1. The van der Waals surface area contributed by atoms with Gasteiger partial charge in [0, 0.05) is 16.0 Å². The summed E-state index contributed by atoms with van der Waals surface area (Å²) >= 11 is 6.09. The highest BCUT2D eigenvalue weighted by Gasteiger charge is 2.18. The molecule has 0 aliphatic carbocycles. The Labute approximate surface area is 116 Å². The molecule has 0 amide bonds. The molecule has 3 aromatic rings. The fourth-order valence-corrected chi connectivity index (χ4v) is 2.48. The van der Waals surface area contributed by atoms with E-state index in [9.17, 15) is 0 Å². The van der Waals surface area contributed by atoms with Crippen LogP contribution in [0.1, 0.15) is 18.7 Å². The Morgan fingerprint density at radius 2 is 1.84 bits per heavy atom. The van der Waals surface area contributed by atoms with Gasteiger partial charge in [-0.15, -0.1) is 0 Å². The highest BCUT2D eigenvalue weighted by molar-refractivity contribution is 6.31. The van der Waals surface area contributed by atoms with Gasteiger partial charge in [0.1, 0.15) is 11.3 Å². The highest BCUT2D eigenvalue weighted by Crippen LogP contribution is 2.38. The number of nitrogens with two attached hydrogens (primary N) is 1. The standard InChI is InChI=1S/C16H14ClNO/c1-10(18)16-15(11-5-3-2-4-6-11)13-9-12(17)7-8-14(13)19-16/h2-10H,18H2,1H3. The van der Waals surface area contributed by atoms with Crippen LogP contribution in [0.2, 0.25) is 5.02 Å². The van der Waals surface area contributed by atoms with Gasteiger partial charge in [0.15, 0.2) is 0 Å². The third kappa shape index (κ3) is 2.14. The Kier molecular flexibility index (Phi) is 3.05. The zero-order valence-electron chi connectivity index (χ0n) is 10.6. The summed E-state index contributed by atoms with van der Waals surface area (Å²) in [7, 11) is 0. The lowest BCUT2D eigenvalue weighted by Crippen LogP contribution is -2.04. The van der Waals surface area contributed by atoms with E-state index in [4.69, 9.17) is 21.8 Å². The maximum atomic E-state index is 6.09. The van der Waals surface area contributed by atoms with Crippen LogP contribution in [0.4, 0.5) is 0 Å². The van der Waals surface area contributed by atoms with Crippen molar-refractivity contribution >= 4 is 22.6 Å². The van der Waals surface area contributed by atoms with Crippen LogP contribution in [0, 0.1) is 0 Å². The summed E-state index contributed by atoms with van der Waals surface area (Å²) in [6, 6.07) is 15.6. The Morgan fingerprint density at radius 1 is 1.11 bits per heavy atom. The lowest BCUT2D eigenvalue weighted by atomic mass is 10.00. The summed E-state index contributed by atoms with van der Waals surface area (Å²) in [5.74, 6) is 0.795. The number of halogens is 1. The molecule has 2 N–H and O–H groups in total. The summed E-state index contributed by atoms with van der Waals surface area (Å²) in [5.41, 5.74) is 8.97. The van der Waals surface area contributed by atoms with Gasteiger partial charge in [-0.1, -0.05) is 41.9 Å². The average Bonchev–Trinajstić information content (AvgIpc) is 2.78. The molecule has 0 bridgehead atoms. The monoisotopic (exact) mass is 271 g/mol. The largest absolute Gasteiger partial charge is 0.459 e. The molecule has 19 heavy (non-hydrogen) atoms. The minimum absolute atomic E-state index is 0.165. The minimum atomic E-state index is -0.165. The molecule has 3 heteroatoms. The van der Waals surface area contributed by atoms with Gasteiger partial charge in [0.2, 0.25) is 0 Å². The molecule has 1 atom stereocenters. The summed E-state index contributed by atoms with van der Waals surface area (Å²) in [5, 5.41) is 1.70. The Balaban J connectivity index is 2.36. The molecule has 0 aliphatic heterocycles. The van der Waals surface area contributed by atoms with Gasteiger partial charge >= 0.3 is 0 Å². The quantitative estimate of drug-likeness (QED) is 0.729. The van der Waals surface area contributed by atoms with Gasteiger partial charge in [-0.2, -0.15) is 0 Å². The van der Waals surface area contributed by atoms with E-state index in [-0.39, 0.29) is 6.04 Å². The van der Waals surface area contributed by atoms with Gasteiger partial charge < -0.3 is 10.2 Å². The van der Waals surface area contributed by atoms with E-state index in [0.29, 0.717) is 5.02 Å². The molecular weight excluding hydrogens is 258 g/mol. The number of fused-ring (bicyclic) bond motifs is 1. The third-order valence-corrected chi connectivity index (χ3v) is 3.39. The van der Waals surface area contributed by atoms with Crippen molar-refractivity contribution in [2.24, 2.45) is 5.73 Å². The van der Waals surface area contributed by atoms with Gasteiger partial charge in [0.25, 0.3) is 0 Å². The molecule has 0 aliphatic rings. The Hall–Kier alpha value is -1.77. The molecule has 1 unspecified atom stereocenters. The predicted molar refractivity (Wildman–Crippen MR) is 79.3 cm³/mol. The van der Waals surface area contributed by atoms with Crippen molar-refractivity contribution < 1.29 is 4.42 Å². The topological polar surface area (TPSA) is 39.2 Å². The second-order valence-corrected chi connectivity index (χ2v) is 5.07. The van der Waals surface area contributed by atoms with Gasteiger partial charge in [-0.25, -0.2) is 0 Å². The van der Waals surface area contributed by atoms with E-state index in [0.717, 1.165) is 27.9 Å². The van der Waals surface area contributed by atoms with Gasteiger partial charge in [-0.05, 0) is 30.7 Å². The van der Waals surface area contributed by atoms with Gasteiger partial charge in [-0.3, -0.25) is 0 Å². The second kappa shape index (κ2) is 4.72. The van der Waals surface area contributed by atoms with Crippen molar-refractivity contribution in [3.8, 4) is 11.1 Å². The first-order chi connectivity index (χ1) is 9.16. The smallest absolute Gasteiger partial charge is 0.135 e. The molecule has 0 saturated carbocycles. The first-order valence-electron chi connectivity index (χ1n) is 6.20. The normalized spacial score (nSPS) is 12.8. The summed E-state index contributed by atoms with van der Waals surface area (Å²) in [6.07, 6.45) is 0. The third-order valence-electron chi connectivity index (χ3n) is 3.15.